The lowest BCUT2D eigenvalue weighted by Crippen LogP contribution is -2.14. The monoisotopic (exact) mass is 407 g/mol. The lowest BCUT2D eigenvalue weighted by Gasteiger charge is -2.10. The minimum atomic E-state index is -3.71. The number of aryl methyl sites for hydroxylation is 2. The normalized spacial score (nSPS) is 11.6. The third-order valence-corrected chi connectivity index (χ3v) is 6.27. The number of H-pyrrole nitrogens is 1. The van der Waals surface area contributed by atoms with Gasteiger partial charge in [-0.05, 0) is 43.2 Å². The van der Waals surface area contributed by atoms with E-state index < -0.39 is 10.0 Å². The van der Waals surface area contributed by atoms with E-state index in [0.717, 1.165) is 28.1 Å². The quantitative estimate of drug-likeness (QED) is 0.525. The summed E-state index contributed by atoms with van der Waals surface area (Å²) < 4.78 is 29.9. The molecule has 29 heavy (non-hydrogen) atoms. The Hall–Kier alpha value is -3.39. The van der Waals surface area contributed by atoms with Crippen molar-refractivity contribution in [2.24, 2.45) is 7.05 Å². The molecule has 4 rings (SSSR count). The zero-order valence-corrected chi connectivity index (χ0v) is 17.2. The van der Waals surface area contributed by atoms with Crippen molar-refractivity contribution in [3.63, 3.8) is 0 Å². The van der Waals surface area contributed by atoms with Gasteiger partial charge in [0.15, 0.2) is 0 Å². The van der Waals surface area contributed by atoms with Crippen LogP contribution in [0.15, 0.2) is 66.0 Å². The lowest BCUT2D eigenvalue weighted by molar-refractivity contribution is 0.601. The molecular formula is C21H21N5O2S. The molecule has 4 aromatic rings. The fourth-order valence-electron chi connectivity index (χ4n) is 3.22. The van der Waals surface area contributed by atoms with E-state index in [2.05, 4.69) is 19.8 Å². The van der Waals surface area contributed by atoms with Crippen molar-refractivity contribution in [3.8, 4) is 22.4 Å². The van der Waals surface area contributed by atoms with E-state index in [0.29, 0.717) is 11.4 Å². The first-order valence-electron chi connectivity index (χ1n) is 9.08. The number of sulfonamides is 1. The van der Waals surface area contributed by atoms with Crippen LogP contribution >= 0.6 is 0 Å². The highest BCUT2D eigenvalue weighted by molar-refractivity contribution is 7.92. The van der Waals surface area contributed by atoms with Gasteiger partial charge in [0.05, 0.1) is 34.0 Å². The van der Waals surface area contributed by atoms with Crippen LogP contribution in [0, 0.1) is 13.8 Å². The van der Waals surface area contributed by atoms with Crippen LogP contribution < -0.4 is 4.72 Å². The number of rotatable bonds is 5. The molecule has 0 bridgehead atoms. The van der Waals surface area contributed by atoms with Gasteiger partial charge in [-0.1, -0.05) is 30.3 Å². The highest BCUT2D eigenvalue weighted by Crippen LogP contribution is 2.27. The molecule has 0 unspecified atom stereocenters. The lowest BCUT2D eigenvalue weighted by atomic mass is 10.0. The van der Waals surface area contributed by atoms with E-state index >= 15 is 0 Å². The Kier molecular flexibility index (Phi) is 4.71. The summed E-state index contributed by atoms with van der Waals surface area (Å²) >= 11 is 0. The maximum atomic E-state index is 12.8. The van der Waals surface area contributed by atoms with Crippen LogP contribution in [0.2, 0.25) is 0 Å². The SMILES string of the molecule is Cc1nn(C)c(C)c1NS(=O)(=O)c1ccc(-c2cccc(-c3c[nH]cn3)c2)cc1. The summed E-state index contributed by atoms with van der Waals surface area (Å²) in [6.07, 6.45) is 3.48. The third-order valence-electron chi connectivity index (χ3n) is 4.90. The van der Waals surface area contributed by atoms with Gasteiger partial charge in [-0.3, -0.25) is 9.40 Å². The summed E-state index contributed by atoms with van der Waals surface area (Å²) in [5, 5.41) is 4.25. The molecule has 0 aliphatic carbocycles. The Morgan fingerprint density at radius 3 is 2.34 bits per heavy atom. The largest absolute Gasteiger partial charge is 0.351 e. The van der Waals surface area contributed by atoms with Crippen LogP contribution in [-0.2, 0) is 17.1 Å². The number of imidazole rings is 1. The number of anilines is 1. The highest BCUT2D eigenvalue weighted by atomic mass is 32.2. The smallest absolute Gasteiger partial charge is 0.262 e. The van der Waals surface area contributed by atoms with Crippen molar-refractivity contribution >= 4 is 15.7 Å². The second kappa shape index (κ2) is 7.21. The molecule has 0 saturated carbocycles. The van der Waals surface area contributed by atoms with Gasteiger partial charge in [0, 0.05) is 18.8 Å². The first-order valence-corrected chi connectivity index (χ1v) is 10.6. The molecule has 2 heterocycles. The van der Waals surface area contributed by atoms with Crippen molar-refractivity contribution in [3.05, 3.63) is 72.4 Å². The van der Waals surface area contributed by atoms with Gasteiger partial charge in [-0.25, -0.2) is 13.4 Å². The predicted octanol–water partition coefficient (Wildman–Crippen LogP) is 3.89. The molecule has 2 N–H and O–H groups in total. The summed E-state index contributed by atoms with van der Waals surface area (Å²) in [6.45, 7) is 3.60. The molecule has 0 spiro atoms. The second-order valence-corrected chi connectivity index (χ2v) is 8.52. The highest BCUT2D eigenvalue weighted by Gasteiger charge is 2.19. The zero-order valence-electron chi connectivity index (χ0n) is 16.3. The van der Waals surface area contributed by atoms with Crippen molar-refractivity contribution in [2.75, 3.05) is 4.72 Å². The molecular weight excluding hydrogens is 386 g/mol. The molecule has 0 radical (unpaired) electrons. The van der Waals surface area contributed by atoms with E-state index in [4.69, 9.17) is 0 Å². The number of nitrogens with one attached hydrogen (secondary N) is 2. The molecule has 2 aromatic carbocycles. The van der Waals surface area contributed by atoms with Crippen LogP contribution in [0.5, 0.6) is 0 Å². The molecule has 7 nitrogen and oxygen atoms in total. The predicted molar refractivity (Wildman–Crippen MR) is 113 cm³/mol. The number of benzene rings is 2. The minimum absolute atomic E-state index is 0.201. The average molecular weight is 407 g/mol. The fraction of sp³-hybridized carbons (Fsp3) is 0.143. The Morgan fingerprint density at radius 2 is 1.72 bits per heavy atom. The number of hydrogen-bond acceptors (Lipinski definition) is 4. The van der Waals surface area contributed by atoms with Crippen molar-refractivity contribution in [2.45, 2.75) is 18.7 Å². The topological polar surface area (TPSA) is 92.7 Å². The molecule has 0 aliphatic heterocycles. The van der Waals surface area contributed by atoms with Gasteiger partial charge in [-0.15, -0.1) is 0 Å². The first-order chi connectivity index (χ1) is 13.8. The van der Waals surface area contributed by atoms with Crippen LogP contribution in [0.1, 0.15) is 11.4 Å². The van der Waals surface area contributed by atoms with E-state index in [1.807, 2.05) is 37.4 Å². The molecule has 8 heteroatoms. The van der Waals surface area contributed by atoms with E-state index in [1.54, 1.807) is 49.2 Å². The molecule has 0 fully saturated rings. The summed E-state index contributed by atoms with van der Waals surface area (Å²) in [6, 6.07) is 14.8. The van der Waals surface area contributed by atoms with E-state index in [1.165, 1.54) is 0 Å². The Labute approximate surface area is 169 Å². The molecule has 148 valence electrons. The van der Waals surface area contributed by atoms with Gasteiger partial charge in [0.1, 0.15) is 0 Å². The molecule has 0 saturated heterocycles. The fourth-order valence-corrected chi connectivity index (χ4v) is 4.39. The van der Waals surface area contributed by atoms with Gasteiger partial charge in [-0.2, -0.15) is 5.10 Å². The van der Waals surface area contributed by atoms with Crippen LogP contribution in [0.25, 0.3) is 22.4 Å². The van der Waals surface area contributed by atoms with E-state index in [-0.39, 0.29) is 4.90 Å². The molecule has 2 aromatic heterocycles. The van der Waals surface area contributed by atoms with Gasteiger partial charge in [0.2, 0.25) is 0 Å². The number of aromatic nitrogens is 4. The second-order valence-electron chi connectivity index (χ2n) is 6.83. The average Bonchev–Trinajstić information content (AvgIpc) is 3.33. The zero-order chi connectivity index (χ0) is 20.6. The number of nitrogens with zero attached hydrogens (tertiary/aromatic N) is 3. The summed E-state index contributed by atoms with van der Waals surface area (Å²) in [4.78, 5) is 7.42. The van der Waals surface area contributed by atoms with Crippen LogP contribution in [0.4, 0.5) is 5.69 Å². The minimum Gasteiger partial charge on any atom is -0.351 e. The standard InChI is InChI=1S/C21H21N5O2S/c1-14-21(15(2)26(3)24-14)25-29(27,28)19-9-7-16(8-10-19)17-5-4-6-18(11-17)20-12-22-13-23-20/h4-13,25H,1-3H3,(H,22,23). The summed E-state index contributed by atoms with van der Waals surface area (Å²) in [5.41, 5.74) is 5.68. The summed E-state index contributed by atoms with van der Waals surface area (Å²) in [7, 11) is -1.92. The third kappa shape index (κ3) is 3.66. The molecule has 0 atom stereocenters. The molecule has 0 aliphatic rings. The Balaban J connectivity index is 1.62. The Morgan fingerprint density at radius 1 is 1.00 bits per heavy atom. The van der Waals surface area contributed by atoms with Gasteiger partial charge in [0.25, 0.3) is 10.0 Å². The van der Waals surface area contributed by atoms with Gasteiger partial charge >= 0.3 is 0 Å². The first kappa shape index (κ1) is 18.9. The number of hydrogen-bond donors (Lipinski definition) is 2. The molecule has 0 amide bonds. The van der Waals surface area contributed by atoms with Crippen LogP contribution in [0.3, 0.4) is 0 Å². The van der Waals surface area contributed by atoms with Crippen molar-refractivity contribution < 1.29 is 8.42 Å². The van der Waals surface area contributed by atoms with E-state index in [9.17, 15) is 8.42 Å². The van der Waals surface area contributed by atoms with Crippen molar-refractivity contribution in [1.29, 1.82) is 0 Å². The van der Waals surface area contributed by atoms with Crippen molar-refractivity contribution in [1.82, 2.24) is 19.7 Å². The van der Waals surface area contributed by atoms with Gasteiger partial charge < -0.3 is 4.98 Å². The van der Waals surface area contributed by atoms with Crippen LogP contribution in [-0.4, -0.2) is 28.2 Å². The number of aromatic amines is 1. The maximum Gasteiger partial charge on any atom is 0.262 e. The maximum absolute atomic E-state index is 12.8. The summed E-state index contributed by atoms with van der Waals surface area (Å²) in [5.74, 6) is 0. The Bertz CT molecular complexity index is 1260.